The van der Waals surface area contributed by atoms with Gasteiger partial charge < -0.3 is 16.8 Å². The number of aryl methyl sites for hydroxylation is 1. The van der Waals surface area contributed by atoms with E-state index in [0.29, 0.717) is 11.5 Å². The zero-order valence-corrected chi connectivity index (χ0v) is 11.9. The molecule has 5 N–H and O–H groups in total. The maximum Gasteiger partial charge on any atom is 0.252 e. The molecule has 1 aromatic heterocycles. The molecule has 0 spiro atoms. The number of hydrogen-bond acceptors (Lipinski definition) is 4. The molecule has 0 saturated heterocycles. The minimum Gasteiger partial charge on any atom is -0.397 e. The number of anilines is 3. The van der Waals surface area contributed by atoms with Gasteiger partial charge >= 0.3 is 0 Å². The van der Waals surface area contributed by atoms with E-state index < -0.39 is 5.91 Å². The van der Waals surface area contributed by atoms with Gasteiger partial charge in [0.1, 0.15) is 5.82 Å². The molecule has 6 heteroatoms. The lowest BCUT2D eigenvalue weighted by Crippen LogP contribution is -2.14. The summed E-state index contributed by atoms with van der Waals surface area (Å²) in [5.74, 6) is -0.181. The molecule has 1 heterocycles. The number of pyridine rings is 1. The number of amides is 1. The van der Waals surface area contributed by atoms with E-state index in [0.717, 1.165) is 15.7 Å². The van der Waals surface area contributed by atoms with Crippen molar-refractivity contribution in [2.75, 3.05) is 11.1 Å². The van der Waals surface area contributed by atoms with E-state index >= 15 is 0 Å². The lowest BCUT2D eigenvalue weighted by Gasteiger charge is -2.10. The van der Waals surface area contributed by atoms with Crippen molar-refractivity contribution < 1.29 is 4.79 Å². The molecular weight excluding hydrogens is 308 g/mol. The van der Waals surface area contributed by atoms with Gasteiger partial charge in [-0.1, -0.05) is 15.9 Å². The van der Waals surface area contributed by atoms with E-state index in [1.54, 1.807) is 0 Å². The Balaban J connectivity index is 2.37. The van der Waals surface area contributed by atoms with Gasteiger partial charge in [0.05, 0.1) is 17.4 Å². The molecule has 0 radical (unpaired) electrons. The second-order valence-electron chi connectivity index (χ2n) is 4.12. The van der Waals surface area contributed by atoms with Crippen LogP contribution in [0.2, 0.25) is 0 Å². The van der Waals surface area contributed by atoms with E-state index in [1.807, 2.05) is 25.1 Å². The van der Waals surface area contributed by atoms with Crippen molar-refractivity contribution in [1.29, 1.82) is 0 Å². The molecule has 98 valence electrons. The standard InChI is InChI=1S/C13H13BrN4O/c1-7-4-9(2-3-11(7)14)18-13-10(12(16)19)5-8(15)6-17-13/h2-6H,15H2,1H3,(H2,16,19)(H,17,18). The zero-order valence-electron chi connectivity index (χ0n) is 10.3. The van der Waals surface area contributed by atoms with E-state index in [2.05, 4.69) is 26.2 Å². The molecule has 0 aliphatic carbocycles. The van der Waals surface area contributed by atoms with Crippen molar-refractivity contribution in [3.63, 3.8) is 0 Å². The number of hydrogen-bond donors (Lipinski definition) is 3. The maximum absolute atomic E-state index is 11.4. The lowest BCUT2D eigenvalue weighted by molar-refractivity contribution is 0.100. The minimum absolute atomic E-state index is 0.264. The maximum atomic E-state index is 11.4. The van der Waals surface area contributed by atoms with Crippen LogP contribution in [0.25, 0.3) is 0 Å². The van der Waals surface area contributed by atoms with E-state index in [4.69, 9.17) is 11.5 Å². The van der Waals surface area contributed by atoms with Crippen molar-refractivity contribution in [2.45, 2.75) is 6.92 Å². The Kier molecular flexibility index (Phi) is 3.71. The highest BCUT2D eigenvalue weighted by Crippen LogP contribution is 2.24. The summed E-state index contributed by atoms with van der Waals surface area (Å²) in [4.78, 5) is 15.5. The number of nitrogens with zero attached hydrogens (tertiary/aromatic N) is 1. The van der Waals surface area contributed by atoms with Crippen LogP contribution in [0, 0.1) is 6.92 Å². The molecule has 19 heavy (non-hydrogen) atoms. The second-order valence-corrected chi connectivity index (χ2v) is 4.97. The highest BCUT2D eigenvalue weighted by atomic mass is 79.9. The highest BCUT2D eigenvalue weighted by molar-refractivity contribution is 9.10. The smallest absolute Gasteiger partial charge is 0.252 e. The monoisotopic (exact) mass is 320 g/mol. The van der Waals surface area contributed by atoms with E-state index in [-0.39, 0.29) is 5.56 Å². The van der Waals surface area contributed by atoms with Crippen molar-refractivity contribution in [3.8, 4) is 0 Å². The van der Waals surface area contributed by atoms with Crippen molar-refractivity contribution >= 4 is 39.0 Å². The predicted octanol–water partition coefficient (Wildman–Crippen LogP) is 2.58. The summed E-state index contributed by atoms with van der Waals surface area (Å²) in [6.45, 7) is 1.97. The van der Waals surface area contributed by atoms with Crippen LogP contribution in [-0.4, -0.2) is 10.9 Å². The van der Waals surface area contributed by atoms with E-state index in [9.17, 15) is 4.79 Å². The molecular formula is C13H13BrN4O. The van der Waals surface area contributed by atoms with Gasteiger partial charge in [0.15, 0.2) is 0 Å². The quantitative estimate of drug-likeness (QED) is 0.810. The van der Waals surface area contributed by atoms with Crippen LogP contribution in [0.1, 0.15) is 15.9 Å². The topological polar surface area (TPSA) is 94.0 Å². The number of carbonyl (C=O) groups excluding carboxylic acids is 1. The number of rotatable bonds is 3. The first kappa shape index (κ1) is 13.4. The Morgan fingerprint density at radius 2 is 2.11 bits per heavy atom. The molecule has 1 amide bonds. The average Bonchev–Trinajstić information content (AvgIpc) is 2.36. The normalized spacial score (nSPS) is 10.2. The minimum atomic E-state index is -0.573. The molecule has 2 rings (SSSR count). The van der Waals surface area contributed by atoms with E-state index in [1.165, 1.54) is 12.3 Å². The number of nitrogens with one attached hydrogen (secondary N) is 1. The van der Waals surface area contributed by atoms with Gasteiger partial charge in [-0.05, 0) is 36.8 Å². The first-order valence-electron chi connectivity index (χ1n) is 5.56. The molecule has 0 fully saturated rings. The van der Waals surface area contributed by atoms with Crippen LogP contribution >= 0.6 is 15.9 Å². The van der Waals surface area contributed by atoms with Gasteiger partial charge in [0, 0.05) is 10.2 Å². The Morgan fingerprint density at radius 1 is 1.37 bits per heavy atom. The Bertz CT molecular complexity index is 643. The van der Waals surface area contributed by atoms with Crippen molar-refractivity contribution in [1.82, 2.24) is 4.98 Å². The van der Waals surface area contributed by atoms with Gasteiger partial charge in [0.25, 0.3) is 5.91 Å². The van der Waals surface area contributed by atoms with Crippen molar-refractivity contribution in [3.05, 3.63) is 46.1 Å². The number of nitrogens with two attached hydrogens (primary N) is 2. The molecule has 0 aliphatic heterocycles. The molecule has 0 unspecified atom stereocenters. The van der Waals surface area contributed by atoms with Gasteiger partial charge in [0.2, 0.25) is 0 Å². The Morgan fingerprint density at radius 3 is 2.74 bits per heavy atom. The van der Waals surface area contributed by atoms with Crippen LogP contribution < -0.4 is 16.8 Å². The van der Waals surface area contributed by atoms with Gasteiger partial charge in [-0.2, -0.15) is 0 Å². The average molecular weight is 321 g/mol. The van der Waals surface area contributed by atoms with Gasteiger partial charge in [-0.3, -0.25) is 4.79 Å². The number of primary amides is 1. The fraction of sp³-hybridized carbons (Fsp3) is 0.0769. The number of carbonyl (C=O) groups is 1. The summed E-state index contributed by atoms with van der Waals surface area (Å²) in [6.07, 6.45) is 1.47. The number of nitrogen functional groups attached to an aromatic ring is 1. The third-order valence-corrected chi connectivity index (χ3v) is 3.48. The van der Waals surface area contributed by atoms with Crippen LogP contribution in [0.5, 0.6) is 0 Å². The van der Waals surface area contributed by atoms with Crippen LogP contribution in [0.3, 0.4) is 0 Å². The fourth-order valence-corrected chi connectivity index (χ4v) is 1.87. The summed E-state index contributed by atoms with van der Waals surface area (Å²) >= 11 is 3.43. The summed E-state index contributed by atoms with van der Waals surface area (Å²) in [7, 11) is 0. The third kappa shape index (κ3) is 3.03. The summed E-state index contributed by atoms with van der Waals surface area (Å²) in [6, 6.07) is 7.23. The third-order valence-electron chi connectivity index (χ3n) is 2.59. The predicted molar refractivity (Wildman–Crippen MR) is 79.3 cm³/mol. The van der Waals surface area contributed by atoms with Gasteiger partial charge in [-0.25, -0.2) is 4.98 Å². The summed E-state index contributed by atoms with van der Waals surface area (Å²) < 4.78 is 1.01. The lowest BCUT2D eigenvalue weighted by atomic mass is 10.2. The van der Waals surface area contributed by atoms with Crippen molar-refractivity contribution in [2.24, 2.45) is 5.73 Å². The molecule has 2 aromatic rings. The number of aromatic nitrogens is 1. The fourth-order valence-electron chi connectivity index (χ4n) is 1.63. The summed E-state index contributed by atoms with van der Waals surface area (Å²) in [5.41, 5.74) is 13.5. The molecule has 0 saturated carbocycles. The highest BCUT2D eigenvalue weighted by Gasteiger charge is 2.10. The zero-order chi connectivity index (χ0) is 14.0. The summed E-state index contributed by atoms with van der Waals surface area (Å²) in [5, 5.41) is 3.06. The molecule has 0 atom stereocenters. The Hall–Kier alpha value is -2.08. The Labute approximate surface area is 119 Å². The molecule has 1 aromatic carbocycles. The number of benzene rings is 1. The van der Waals surface area contributed by atoms with Crippen LogP contribution in [0.4, 0.5) is 17.2 Å². The first-order valence-corrected chi connectivity index (χ1v) is 6.35. The number of halogens is 1. The molecule has 0 bridgehead atoms. The van der Waals surface area contributed by atoms with Gasteiger partial charge in [-0.15, -0.1) is 0 Å². The van der Waals surface area contributed by atoms with Crippen LogP contribution in [-0.2, 0) is 0 Å². The SMILES string of the molecule is Cc1cc(Nc2ncc(N)cc2C(N)=O)ccc1Br. The first-order chi connectivity index (χ1) is 8.97. The largest absolute Gasteiger partial charge is 0.397 e. The molecule has 5 nitrogen and oxygen atoms in total. The van der Waals surface area contributed by atoms with Crippen LogP contribution in [0.15, 0.2) is 34.9 Å². The second kappa shape index (κ2) is 5.27. The molecule has 0 aliphatic rings.